The fraction of sp³-hybridized carbons (Fsp3) is 0.500. The zero-order valence-electron chi connectivity index (χ0n) is 13.1. The SMILES string of the molecule is NC(=NCc1cc2c(s1)CCC2)N1CCN(c2nccs2)CC1. The van der Waals surface area contributed by atoms with Gasteiger partial charge in [0.15, 0.2) is 11.1 Å². The van der Waals surface area contributed by atoms with E-state index < -0.39 is 0 Å². The maximum absolute atomic E-state index is 6.20. The first-order valence-corrected chi connectivity index (χ1v) is 9.79. The van der Waals surface area contributed by atoms with E-state index in [1.807, 2.05) is 22.9 Å². The van der Waals surface area contributed by atoms with E-state index in [9.17, 15) is 0 Å². The highest BCUT2D eigenvalue weighted by molar-refractivity contribution is 7.13. The van der Waals surface area contributed by atoms with Gasteiger partial charge in [0.25, 0.3) is 0 Å². The van der Waals surface area contributed by atoms with E-state index in [0.29, 0.717) is 5.96 Å². The van der Waals surface area contributed by atoms with Crippen LogP contribution in [0.2, 0.25) is 0 Å². The number of aromatic nitrogens is 1. The second kappa shape index (κ2) is 6.49. The molecule has 1 aliphatic heterocycles. The number of hydrogen-bond donors (Lipinski definition) is 1. The Balaban J connectivity index is 1.33. The van der Waals surface area contributed by atoms with Crippen LogP contribution in [-0.2, 0) is 19.4 Å². The highest BCUT2D eigenvalue weighted by Crippen LogP contribution is 2.30. The van der Waals surface area contributed by atoms with Gasteiger partial charge >= 0.3 is 0 Å². The third-order valence-electron chi connectivity index (χ3n) is 4.49. The molecule has 0 saturated carbocycles. The van der Waals surface area contributed by atoms with Crippen molar-refractivity contribution >= 4 is 33.8 Å². The number of nitrogens with two attached hydrogens (primary N) is 1. The monoisotopic (exact) mass is 347 g/mol. The standard InChI is InChI=1S/C16H21N5S2/c17-15(19-11-13-10-12-2-1-3-14(12)23-13)20-5-7-21(8-6-20)16-18-4-9-22-16/h4,9-10H,1-3,5-8,11H2,(H2,17,19). The van der Waals surface area contributed by atoms with Crippen LogP contribution in [0, 0.1) is 0 Å². The second-order valence-electron chi connectivity index (χ2n) is 5.98. The maximum Gasteiger partial charge on any atom is 0.191 e. The fourth-order valence-corrected chi connectivity index (χ4v) is 5.11. The lowest BCUT2D eigenvalue weighted by atomic mass is 10.2. The average molecular weight is 348 g/mol. The van der Waals surface area contributed by atoms with E-state index in [2.05, 4.69) is 25.8 Å². The van der Waals surface area contributed by atoms with Crippen LogP contribution in [0.25, 0.3) is 0 Å². The molecule has 0 amide bonds. The molecule has 2 N–H and O–H groups in total. The van der Waals surface area contributed by atoms with Gasteiger partial charge in [-0.05, 0) is 30.9 Å². The smallest absolute Gasteiger partial charge is 0.191 e. The third kappa shape index (κ3) is 3.21. The number of fused-ring (bicyclic) bond motifs is 1. The van der Waals surface area contributed by atoms with Crippen LogP contribution >= 0.6 is 22.7 Å². The maximum atomic E-state index is 6.20. The van der Waals surface area contributed by atoms with E-state index in [1.165, 1.54) is 29.7 Å². The molecule has 0 atom stereocenters. The third-order valence-corrected chi connectivity index (χ3v) is 6.54. The van der Waals surface area contributed by atoms with Gasteiger partial charge in [0.1, 0.15) is 0 Å². The van der Waals surface area contributed by atoms with Crippen LogP contribution in [-0.4, -0.2) is 42.0 Å². The van der Waals surface area contributed by atoms with Gasteiger partial charge in [0, 0.05) is 47.5 Å². The van der Waals surface area contributed by atoms with Gasteiger partial charge < -0.3 is 15.5 Å². The quantitative estimate of drug-likeness (QED) is 0.684. The Morgan fingerprint density at radius 3 is 2.87 bits per heavy atom. The Morgan fingerprint density at radius 2 is 2.13 bits per heavy atom. The molecule has 0 bridgehead atoms. The first-order valence-electron chi connectivity index (χ1n) is 8.09. The van der Waals surface area contributed by atoms with Crippen LogP contribution < -0.4 is 10.6 Å². The predicted octanol–water partition coefficient (Wildman–Crippen LogP) is 2.33. The topological polar surface area (TPSA) is 57.8 Å². The molecule has 5 nitrogen and oxygen atoms in total. The Morgan fingerprint density at radius 1 is 1.26 bits per heavy atom. The van der Waals surface area contributed by atoms with Gasteiger partial charge in [-0.25, -0.2) is 9.98 Å². The molecular formula is C16H21N5S2. The molecule has 2 aromatic heterocycles. The summed E-state index contributed by atoms with van der Waals surface area (Å²) in [7, 11) is 0. The zero-order chi connectivity index (χ0) is 15.6. The number of aliphatic imine (C=N–C) groups is 1. The Kier molecular flexibility index (Phi) is 4.22. The van der Waals surface area contributed by atoms with Gasteiger partial charge in [-0.1, -0.05) is 0 Å². The minimum absolute atomic E-state index is 0.678. The van der Waals surface area contributed by atoms with Crippen LogP contribution in [0.5, 0.6) is 0 Å². The summed E-state index contributed by atoms with van der Waals surface area (Å²) in [6, 6.07) is 2.32. The highest BCUT2D eigenvalue weighted by Gasteiger charge is 2.20. The number of piperazine rings is 1. The molecule has 4 rings (SSSR count). The van der Waals surface area contributed by atoms with Crippen LogP contribution in [0.3, 0.4) is 0 Å². The molecular weight excluding hydrogens is 326 g/mol. The largest absolute Gasteiger partial charge is 0.370 e. The summed E-state index contributed by atoms with van der Waals surface area (Å²) in [5.74, 6) is 0.678. The zero-order valence-corrected chi connectivity index (χ0v) is 14.7. The lowest BCUT2D eigenvalue weighted by Crippen LogP contribution is -2.51. The van der Waals surface area contributed by atoms with Gasteiger partial charge in [-0.3, -0.25) is 0 Å². The van der Waals surface area contributed by atoms with Crippen molar-refractivity contribution < 1.29 is 0 Å². The van der Waals surface area contributed by atoms with Crippen molar-refractivity contribution in [2.24, 2.45) is 10.7 Å². The normalized spacial score (nSPS) is 18.5. The summed E-state index contributed by atoms with van der Waals surface area (Å²) < 4.78 is 0. The van der Waals surface area contributed by atoms with Gasteiger partial charge in [0.05, 0.1) is 6.54 Å². The number of thiophene rings is 1. The predicted molar refractivity (Wildman–Crippen MR) is 97.6 cm³/mol. The summed E-state index contributed by atoms with van der Waals surface area (Å²) in [5.41, 5.74) is 7.74. The molecule has 0 unspecified atom stereocenters. The number of hydrogen-bond acceptors (Lipinski definition) is 5. The molecule has 0 radical (unpaired) electrons. The number of anilines is 1. The van der Waals surface area contributed by atoms with E-state index in [-0.39, 0.29) is 0 Å². The van der Waals surface area contributed by atoms with Crippen LogP contribution in [0.15, 0.2) is 22.6 Å². The van der Waals surface area contributed by atoms with Gasteiger partial charge in [-0.15, -0.1) is 22.7 Å². The number of aryl methyl sites for hydroxylation is 2. The van der Waals surface area contributed by atoms with Crippen molar-refractivity contribution in [3.05, 3.63) is 33.0 Å². The summed E-state index contributed by atoms with van der Waals surface area (Å²) >= 11 is 3.61. The molecule has 0 aromatic carbocycles. The number of guanidine groups is 1. The summed E-state index contributed by atoms with van der Waals surface area (Å²) in [6.07, 6.45) is 5.67. The van der Waals surface area contributed by atoms with E-state index in [4.69, 9.17) is 5.73 Å². The Labute approximate surface area is 144 Å². The van der Waals surface area contributed by atoms with Crippen molar-refractivity contribution in [3.8, 4) is 0 Å². The van der Waals surface area contributed by atoms with E-state index in [0.717, 1.165) is 37.9 Å². The lowest BCUT2D eigenvalue weighted by molar-refractivity contribution is 0.380. The minimum atomic E-state index is 0.678. The molecule has 23 heavy (non-hydrogen) atoms. The fourth-order valence-electron chi connectivity index (χ4n) is 3.23. The van der Waals surface area contributed by atoms with Crippen molar-refractivity contribution in [1.82, 2.24) is 9.88 Å². The summed E-state index contributed by atoms with van der Waals surface area (Å²) in [5, 5.41) is 3.13. The van der Waals surface area contributed by atoms with E-state index >= 15 is 0 Å². The van der Waals surface area contributed by atoms with E-state index in [1.54, 1.807) is 16.2 Å². The lowest BCUT2D eigenvalue weighted by Gasteiger charge is -2.35. The Hall–Kier alpha value is -1.60. The van der Waals surface area contributed by atoms with Crippen LogP contribution in [0.1, 0.15) is 21.7 Å². The van der Waals surface area contributed by atoms with Gasteiger partial charge in [-0.2, -0.15) is 0 Å². The molecule has 1 aliphatic carbocycles. The molecule has 2 aliphatic rings. The molecule has 7 heteroatoms. The van der Waals surface area contributed by atoms with Crippen molar-refractivity contribution in [2.75, 3.05) is 31.1 Å². The van der Waals surface area contributed by atoms with Gasteiger partial charge in [0.2, 0.25) is 0 Å². The molecule has 0 spiro atoms. The molecule has 3 heterocycles. The molecule has 1 saturated heterocycles. The highest BCUT2D eigenvalue weighted by atomic mass is 32.1. The first-order chi connectivity index (χ1) is 11.3. The van der Waals surface area contributed by atoms with Crippen molar-refractivity contribution in [3.63, 3.8) is 0 Å². The Bertz CT molecular complexity index is 662. The average Bonchev–Trinajstić information content (AvgIpc) is 3.29. The number of thiazole rings is 1. The number of rotatable bonds is 3. The molecule has 2 aromatic rings. The minimum Gasteiger partial charge on any atom is -0.370 e. The second-order valence-corrected chi connectivity index (χ2v) is 8.07. The number of nitrogens with zero attached hydrogens (tertiary/aromatic N) is 4. The molecule has 1 fully saturated rings. The summed E-state index contributed by atoms with van der Waals surface area (Å²) in [6.45, 7) is 4.45. The first kappa shape index (κ1) is 15.0. The molecule has 122 valence electrons. The van der Waals surface area contributed by atoms with Crippen molar-refractivity contribution in [2.45, 2.75) is 25.8 Å². The summed E-state index contributed by atoms with van der Waals surface area (Å²) in [4.78, 5) is 16.4. The van der Waals surface area contributed by atoms with Crippen molar-refractivity contribution in [1.29, 1.82) is 0 Å². The van der Waals surface area contributed by atoms with Crippen LogP contribution in [0.4, 0.5) is 5.13 Å².